The Morgan fingerprint density at radius 1 is 0.326 bits per heavy atom. The summed E-state index contributed by atoms with van der Waals surface area (Å²) in [7, 11) is 0. The number of hydrogen-bond donors (Lipinski definition) is 2. The fraction of sp³-hybridized carbons (Fsp3) is 0. The number of pyridine rings is 2. The molecule has 0 fully saturated rings. The van der Waals surface area contributed by atoms with Gasteiger partial charge < -0.3 is 9.97 Å². The summed E-state index contributed by atoms with van der Waals surface area (Å²) < 4.78 is 0. The summed E-state index contributed by atoms with van der Waals surface area (Å²) in [5.74, 6) is 0. The number of rotatable bonds is 2. The first-order valence-electron chi connectivity index (χ1n) is 15.5. The van der Waals surface area contributed by atoms with Crippen molar-refractivity contribution in [1.29, 1.82) is 0 Å². The number of benzene rings is 6. The van der Waals surface area contributed by atoms with Gasteiger partial charge >= 0.3 is 0 Å². The van der Waals surface area contributed by atoms with E-state index in [1.54, 1.807) is 0 Å². The van der Waals surface area contributed by atoms with Gasteiger partial charge in [-0.15, -0.1) is 0 Å². The van der Waals surface area contributed by atoms with Gasteiger partial charge in [-0.05, 0) is 58.7 Å². The lowest BCUT2D eigenvalue weighted by Gasteiger charge is -2.14. The molecule has 216 valence electrons. The maximum Gasteiger partial charge on any atom is 0.0978 e. The lowest BCUT2D eigenvalue weighted by atomic mass is 9.95. The van der Waals surface area contributed by atoms with Gasteiger partial charge in [-0.3, -0.25) is 0 Å². The molecule has 0 saturated carbocycles. The Balaban J connectivity index is 1.61. The molecule has 0 radical (unpaired) electrons. The van der Waals surface area contributed by atoms with E-state index >= 15 is 0 Å². The molecule has 4 heteroatoms. The number of H-pyrrole nitrogens is 2. The summed E-state index contributed by atoms with van der Waals surface area (Å²) in [6, 6.07) is 55.1. The van der Waals surface area contributed by atoms with Gasteiger partial charge in [0.1, 0.15) is 0 Å². The highest BCUT2D eigenvalue weighted by molar-refractivity contribution is 6.16. The van der Waals surface area contributed by atoms with Crippen LogP contribution in [0.4, 0.5) is 0 Å². The highest BCUT2D eigenvalue weighted by atomic mass is 14.8. The second-order valence-electron chi connectivity index (χ2n) is 11.6. The molecule has 3 heterocycles. The third-order valence-corrected chi connectivity index (χ3v) is 8.80. The largest absolute Gasteiger partial charge is 0.353 e. The number of hydrogen-bond acceptors (Lipinski definition) is 2. The second-order valence-corrected chi connectivity index (χ2v) is 11.6. The van der Waals surface area contributed by atoms with Gasteiger partial charge in [-0.1, -0.05) is 121 Å². The van der Waals surface area contributed by atoms with E-state index in [4.69, 9.17) is 9.97 Å². The summed E-state index contributed by atoms with van der Waals surface area (Å²) in [6.07, 6.45) is 0. The molecule has 6 aromatic carbocycles. The van der Waals surface area contributed by atoms with Crippen LogP contribution in [0.5, 0.6) is 0 Å². The van der Waals surface area contributed by atoms with Crippen molar-refractivity contribution in [2.45, 2.75) is 0 Å². The number of nitrogens with one attached hydrogen (secondary N) is 2. The van der Waals surface area contributed by atoms with Crippen LogP contribution in [0.3, 0.4) is 0 Å². The summed E-state index contributed by atoms with van der Waals surface area (Å²) in [5, 5.41) is 4.18. The molecule has 9 aromatic rings. The third kappa shape index (κ3) is 4.39. The molecule has 2 N–H and O–H groups in total. The van der Waals surface area contributed by atoms with Gasteiger partial charge in [0.05, 0.1) is 33.1 Å². The Morgan fingerprint density at radius 3 is 1.13 bits per heavy atom. The van der Waals surface area contributed by atoms with Crippen molar-refractivity contribution in [1.82, 2.24) is 19.9 Å². The highest BCUT2D eigenvalue weighted by Crippen LogP contribution is 2.38. The Hall–Kier alpha value is -6.26. The SMILES string of the molecule is c1ccc(-c2cc3nc4c2ccc2c(-c5ccccc5)cc(nc24)c2ccccc2[nH]c2ccccc2[nH]c2ccccc32)cc1. The Labute approximate surface area is 265 Å². The molecule has 0 saturated heterocycles. The lowest BCUT2D eigenvalue weighted by molar-refractivity contribution is 1.43. The van der Waals surface area contributed by atoms with Crippen LogP contribution in [0.25, 0.3) is 87.9 Å². The molecule has 0 unspecified atom stereocenters. The molecule has 46 heavy (non-hydrogen) atoms. The van der Waals surface area contributed by atoms with Crippen molar-refractivity contribution >= 4 is 65.7 Å². The molecule has 4 nitrogen and oxygen atoms in total. The summed E-state index contributed by atoms with van der Waals surface area (Å²) >= 11 is 0. The number of para-hydroxylation sites is 4. The summed E-state index contributed by atoms with van der Waals surface area (Å²) in [5.41, 5.74) is 12.0. The van der Waals surface area contributed by atoms with Crippen molar-refractivity contribution in [3.63, 3.8) is 0 Å². The third-order valence-electron chi connectivity index (χ3n) is 8.80. The van der Waals surface area contributed by atoms with Crippen molar-refractivity contribution in [3.05, 3.63) is 158 Å². The molecule has 9 rings (SSSR count). The predicted octanol–water partition coefficient (Wildman–Crippen LogP) is 11.1. The molecular formula is C42H28N4. The van der Waals surface area contributed by atoms with Crippen LogP contribution in [0, 0.1) is 0 Å². The van der Waals surface area contributed by atoms with Crippen LogP contribution in [-0.4, -0.2) is 19.9 Å². The quantitative estimate of drug-likeness (QED) is 0.197. The molecule has 0 amide bonds. The first-order valence-corrected chi connectivity index (χ1v) is 15.5. The molecule has 4 bridgehead atoms. The fourth-order valence-electron chi connectivity index (χ4n) is 6.59. The van der Waals surface area contributed by atoms with Gasteiger partial charge in [0.2, 0.25) is 0 Å². The van der Waals surface area contributed by atoms with Gasteiger partial charge in [0, 0.05) is 32.6 Å². The first kappa shape index (κ1) is 26.2. The zero-order chi connectivity index (χ0) is 30.5. The monoisotopic (exact) mass is 588 g/mol. The minimum absolute atomic E-state index is 0.880. The van der Waals surface area contributed by atoms with E-state index in [-0.39, 0.29) is 0 Å². The molecule has 0 aliphatic heterocycles. The summed E-state index contributed by atoms with van der Waals surface area (Å²) in [6.45, 7) is 0. The van der Waals surface area contributed by atoms with Crippen LogP contribution in [-0.2, 0) is 0 Å². The maximum absolute atomic E-state index is 5.45. The smallest absolute Gasteiger partial charge is 0.0978 e. The van der Waals surface area contributed by atoms with Gasteiger partial charge in [0.15, 0.2) is 0 Å². The van der Waals surface area contributed by atoms with E-state index in [1.807, 2.05) is 0 Å². The number of aromatic nitrogens is 4. The van der Waals surface area contributed by atoms with E-state index in [0.29, 0.717) is 0 Å². The van der Waals surface area contributed by atoms with Crippen LogP contribution >= 0.6 is 0 Å². The average molecular weight is 589 g/mol. The highest BCUT2D eigenvalue weighted by Gasteiger charge is 2.15. The minimum atomic E-state index is 0.880. The number of aromatic amines is 2. The van der Waals surface area contributed by atoms with Gasteiger partial charge in [-0.25, -0.2) is 9.97 Å². The fourth-order valence-corrected chi connectivity index (χ4v) is 6.59. The van der Waals surface area contributed by atoms with Crippen molar-refractivity contribution in [2.75, 3.05) is 0 Å². The predicted molar refractivity (Wildman–Crippen MR) is 193 cm³/mol. The van der Waals surface area contributed by atoms with E-state index in [1.165, 1.54) is 0 Å². The van der Waals surface area contributed by atoms with Crippen molar-refractivity contribution < 1.29 is 0 Å². The molecule has 0 atom stereocenters. The van der Waals surface area contributed by atoms with E-state index in [2.05, 4.69) is 168 Å². The van der Waals surface area contributed by atoms with Crippen LogP contribution in [0.1, 0.15) is 0 Å². The van der Waals surface area contributed by atoms with E-state index in [9.17, 15) is 0 Å². The number of nitrogens with zero attached hydrogens (tertiary/aromatic N) is 2. The molecule has 0 aliphatic rings. The second kappa shape index (κ2) is 10.7. The standard InChI is InChI=1S/C42H28N4/c1-3-13-27(14-4-1)33-25-39-31-17-7-9-19-35(31)43-37-21-11-12-22-38(37)44-36-20-10-8-18-32(36)40-26-34(28-15-5-2-6-16-28)30-24-23-29(33)41(45-39)42(30)46-40/h1-26,43-44H. The molecule has 3 aromatic heterocycles. The number of fused-ring (bicyclic) bond motifs is 7. The van der Waals surface area contributed by atoms with E-state index in [0.717, 1.165) is 87.9 Å². The van der Waals surface area contributed by atoms with Gasteiger partial charge in [-0.2, -0.15) is 0 Å². The Kier molecular flexibility index (Phi) is 6.10. The van der Waals surface area contributed by atoms with E-state index < -0.39 is 0 Å². The van der Waals surface area contributed by atoms with Gasteiger partial charge in [0.25, 0.3) is 0 Å². The Morgan fingerprint density at radius 2 is 0.696 bits per heavy atom. The minimum Gasteiger partial charge on any atom is -0.353 e. The van der Waals surface area contributed by atoms with Crippen molar-refractivity contribution in [2.24, 2.45) is 0 Å². The molecular weight excluding hydrogens is 560 g/mol. The first-order chi connectivity index (χ1) is 22.8. The zero-order valence-electron chi connectivity index (χ0n) is 24.9. The summed E-state index contributed by atoms with van der Waals surface area (Å²) in [4.78, 5) is 18.4. The van der Waals surface area contributed by atoms with Crippen molar-refractivity contribution in [3.8, 4) is 22.3 Å². The Bertz CT molecular complexity index is 2500. The maximum atomic E-state index is 5.45. The van der Waals surface area contributed by atoms with Crippen LogP contribution in [0.2, 0.25) is 0 Å². The lowest BCUT2D eigenvalue weighted by Crippen LogP contribution is -1.93. The molecule has 0 spiro atoms. The molecule has 0 aliphatic carbocycles. The average Bonchev–Trinajstić information content (AvgIpc) is 3.12. The topological polar surface area (TPSA) is 57.4 Å². The van der Waals surface area contributed by atoms with Crippen LogP contribution < -0.4 is 0 Å². The zero-order valence-corrected chi connectivity index (χ0v) is 24.9. The van der Waals surface area contributed by atoms with Crippen LogP contribution in [0.15, 0.2) is 158 Å². The normalized spacial score (nSPS) is 11.5.